The van der Waals surface area contributed by atoms with E-state index in [-0.39, 0.29) is 0 Å². The molecule has 1 aliphatic heterocycles. The van der Waals surface area contributed by atoms with Gasteiger partial charge in [0.25, 0.3) is 6.47 Å². The topological polar surface area (TPSA) is 55.8 Å². The summed E-state index contributed by atoms with van der Waals surface area (Å²) in [6.45, 7) is 6.49. The molecule has 1 saturated carbocycles. The molecule has 90 valence electrons. The van der Waals surface area contributed by atoms with Crippen molar-refractivity contribution >= 4 is 12.6 Å². The molecule has 1 heterocycles. The Morgan fingerprint density at radius 3 is 2.69 bits per heavy atom. The molecule has 5 heteroatoms. The number of hydrogen-bond donors (Lipinski definition) is 0. The minimum atomic E-state index is -0.518. The fourth-order valence-corrected chi connectivity index (χ4v) is 2.15. The van der Waals surface area contributed by atoms with Crippen LogP contribution in [0.5, 0.6) is 0 Å². The molecule has 0 N–H and O–H groups in total. The SMILES string of the molecule is CC(C)(C)OC(=O)N1C[C@H]2C[C@H]2[C@@H]1OC=O. The second-order valence-corrected chi connectivity index (χ2v) is 5.42. The smallest absolute Gasteiger partial charge is 0.413 e. The van der Waals surface area contributed by atoms with Crippen molar-refractivity contribution < 1.29 is 19.1 Å². The number of piperidine rings is 1. The Hall–Kier alpha value is -1.26. The highest BCUT2D eigenvalue weighted by Crippen LogP contribution is 2.49. The molecule has 0 aromatic carbocycles. The first-order valence-corrected chi connectivity index (χ1v) is 5.51. The zero-order valence-corrected chi connectivity index (χ0v) is 9.80. The number of likely N-dealkylation sites (tertiary alicyclic amines) is 1. The third-order valence-electron chi connectivity index (χ3n) is 2.90. The fraction of sp³-hybridized carbons (Fsp3) is 0.818. The number of hydrogen-bond acceptors (Lipinski definition) is 4. The lowest BCUT2D eigenvalue weighted by molar-refractivity contribution is -0.141. The molecule has 1 amide bonds. The first-order chi connectivity index (χ1) is 7.42. The summed E-state index contributed by atoms with van der Waals surface area (Å²) in [5, 5.41) is 0. The van der Waals surface area contributed by atoms with Crippen molar-refractivity contribution in [1.29, 1.82) is 0 Å². The summed E-state index contributed by atoms with van der Waals surface area (Å²) >= 11 is 0. The standard InChI is InChI=1S/C11H17NO4/c1-11(2,3)16-10(14)12-5-7-4-8(7)9(12)15-6-13/h6-9H,4-5H2,1-3H3/t7-,8-,9+/m1/s1. The maximum atomic E-state index is 11.8. The van der Waals surface area contributed by atoms with Crippen molar-refractivity contribution in [2.75, 3.05) is 6.54 Å². The van der Waals surface area contributed by atoms with Gasteiger partial charge in [-0.05, 0) is 33.1 Å². The largest absolute Gasteiger partial charge is 0.444 e. The maximum absolute atomic E-state index is 11.8. The molecule has 2 fully saturated rings. The van der Waals surface area contributed by atoms with Gasteiger partial charge in [-0.3, -0.25) is 9.69 Å². The molecule has 3 atom stereocenters. The van der Waals surface area contributed by atoms with Crippen LogP contribution in [0.15, 0.2) is 0 Å². The number of carbonyl (C=O) groups is 2. The summed E-state index contributed by atoms with van der Waals surface area (Å²) < 4.78 is 10.2. The van der Waals surface area contributed by atoms with Crippen molar-refractivity contribution in [3.63, 3.8) is 0 Å². The lowest BCUT2D eigenvalue weighted by Crippen LogP contribution is -2.43. The van der Waals surface area contributed by atoms with E-state index in [1.807, 2.05) is 20.8 Å². The van der Waals surface area contributed by atoms with E-state index in [1.54, 1.807) is 0 Å². The predicted molar refractivity (Wildman–Crippen MR) is 55.5 cm³/mol. The van der Waals surface area contributed by atoms with Gasteiger partial charge >= 0.3 is 6.09 Å². The van der Waals surface area contributed by atoms with Crippen LogP contribution >= 0.6 is 0 Å². The number of fused-ring (bicyclic) bond motifs is 1. The summed E-state index contributed by atoms with van der Waals surface area (Å²) in [6.07, 6.45) is 0.224. The average molecular weight is 227 g/mol. The van der Waals surface area contributed by atoms with Gasteiger partial charge in [-0.15, -0.1) is 0 Å². The Kier molecular flexibility index (Phi) is 2.56. The van der Waals surface area contributed by atoms with Gasteiger partial charge in [-0.1, -0.05) is 0 Å². The third kappa shape index (κ3) is 2.13. The number of carbonyl (C=O) groups excluding carboxylic acids is 2. The van der Waals surface area contributed by atoms with Gasteiger partial charge in [0.2, 0.25) is 0 Å². The monoisotopic (exact) mass is 227 g/mol. The molecule has 2 aliphatic rings. The zero-order valence-electron chi connectivity index (χ0n) is 9.80. The molecule has 5 nitrogen and oxygen atoms in total. The number of amides is 1. The molecular weight excluding hydrogens is 210 g/mol. The van der Waals surface area contributed by atoms with Crippen LogP contribution in [0.2, 0.25) is 0 Å². The molecule has 1 saturated heterocycles. The van der Waals surface area contributed by atoms with Crippen molar-refractivity contribution in [2.24, 2.45) is 11.8 Å². The van der Waals surface area contributed by atoms with E-state index in [0.29, 0.717) is 24.9 Å². The highest BCUT2D eigenvalue weighted by molar-refractivity contribution is 5.69. The Labute approximate surface area is 94.7 Å². The second-order valence-electron chi connectivity index (χ2n) is 5.42. The van der Waals surface area contributed by atoms with Crippen LogP contribution < -0.4 is 0 Å². The quantitative estimate of drug-likeness (QED) is 0.668. The van der Waals surface area contributed by atoms with Crippen LogP contribution in [0, 0.1) is 11.8 Å². The van der Waals surface area contributed by atoms with Gasteiger partial charge in [-0.25, -0.2) is 4.79 Å². The molecule has 0 aromatic rings. The Morgan fingerprint density at radius 2 is 2.12 bits per heavy atom. The Bertz CT molecular complexity index is 310. The highest BCUT2D eigenvalue weighted by Gasteiger charge is 2.56. The number of nitrogens with zero attached hydrogens (tertiary/aromatic N) is 1. The minimum absolute atomic E-state index is 0.317. The molecule has 0 unspecified atom stereocenters. The van der Waals surface area contributed by atoms with Crippen molar-refractivity contribution in [1.82, 2.24) is 4.90 Å². The van der Waals surface area contributed by atoms with Crippen molar-refractivity contribution in [2.45, 2.75) is 39.0 Å². The lowest BCUT2D eigenvalue weighted by Gasteiger charge is -2.29. The zero-order chi connectivity index (χ0) is 11.9. The molecule has 0 radical (unpaired) electrons. The molecule has 16 heavy (non-hydrogen) atoms. The van der Waals surface area contributed by atoms with Crippen LogP contribution in [-0.4, -0.2) is 35.8 Å². The lowest BCUT2D eigenvalue weighted by atomic mass is 10.2. The van der Waals surface area contributed by atoms with Gasteiger partial charge in [0, 0.05) is 12.5 Å². The van der Waals surface area contributed by atoms with E-state index in [0.717, 1.165) is 6.42 Å². The molecule has 0 bridgehead atoms. The van der Waals surface area contributed by atoms with Crippen LogP contribution in [0.1, 0.15) is 27.2 Å². The predicted octanol–water partition coefficient (Wildman–Crippen LogP) is 1.37. The van der Waals surface area contributed by atoms with Crippen molar-refractivity contribution in [3.8, 4) is 0 Å². The van der Waals surface area contributed by atoms with Gasteiger partial charge in [-0.2, -0.15) is 0 Å². The normalized spacial score (nSPS) is 31.9. The first-order valence-electron chi connectivity index (χ1n) is 5.51. The Morgan fingerprint density at radius 1 is 1.44 bits per heavy atom. The van der Waals surface area contributed by atoms with Gasteiger partial charge in [0.15, 0.2) is 6.23 Å². The van der Waals surface area contributed by atoms with Gasteiger partial charge < -0.3 is 9.47 Å². The fourth-order valence-electron chi connectivity index (χ4n) is 2.15. The molecular formula is C11H17NO4. The van der Waals surface area contributed by atoms with Gasteiger partial charge in [0.1, 0.15) is 5.60 Å². The minimum Gasteiger partial charge on any atom is -0.444 e. The van der Waals surface area contributed by atoms with E-state index >= 15 is 0 Å². The van der Waals surface area contributed by atoms with Crippen LogP contribution in [0.4, 0.5) is 4.79 Å². The van der Waals surface area contributed by atoms with E-state index in [9.17, 15) is 9.59 Å². The van der Waals surface area contributed by atoms with E-state index in [4.69, 9.17) is 9.47 Å². The van der Waals surface area contributed by atoms with Crippen molar-refractivity contribution in [3.05, 3.63) is 0 Å². The van der Waals surface area contributed by atoms with Crippen LogP contribution in [0.25, 0.3) is 0 Å². The summed E-state index contributed by atoms with van der Waals surface area (Å²) in [7, 11) is 0. The summed E-state index contributed by atoms with van der Waals surface area (Å²) in [4.78, 5) is 23.7. The summed E-state index contributed by atoms with van der Waals surface area (Å²) in [5.41, 5.74) is -0.518. The maximum Gasteiger partial charge on any atom is 0.413 e. The van der Waals surface area contributed by atoms with E-state index in [2.05, 4.69) is 0 Å². The second kappa shape index (κ2) is 3.64. The molecule has 1 aliphatic carbocycles. The van der Waals surface area contributed by atoms with E-state index in [1.165, 1.54) is 4.90 Å². The highest BCUT2D eigenvalue weighted by atomic mass is 16.6. The number of rotatable bonds is 2. The third-order valence-corrected chi connectivity index (χ3v) is 2.90. The summed E-state index contributed by atoms with van der Waals surface area (Å²) in [6, 6.07) is 0. The number of ether oxygens (including phenoxy) is 2. The first kappa shape index (κ1) is 11.2. The summed E-state index contributed by atoms with van der Waals surface area (Å²) in [5.74, 6) is 0.801. The van der Waals surface area contributed by atoms with Gasteiger partial charge in [0.05, 0.1) is 0 Å². The molecule has 0 aromatic heterocycles. The Balaban J connectivity index is 1.98. The van der Waals surface area contributed by atoms with E-state index < -0.39 is 17.9 Å². The molecule has 2 rings (SSSR count). The molecule has 0 spiro atoms. The van der Waals surface area contributed by atoms with Crippen LogP contribution in [0.3, 0.4) is 0 Å². The van der Waals surface area contributed by atoms with Crippen LogP contribution in [-0.2, 0) is 14.3 Å². The average Bonchev–Trinajstić information content (AvgIpc) is 2.81.